The van der Waals surface area contributed by atoms with Crippen LogP contribution in [0.4, 0.5) is 0 Å². The highest BCUT2D eigenvalue weighted by Crippen LogP contribution is 2.17. The van der Waals surface area contributed by atoms with Gasteiger partial charge in [-0.1, -0.05) is 25.4 Å². The fraction of sp³-hybridized carbons (Fsp3) is 0.308. The van der Waals surface area contributed by atoms with E-state index in [2.05, 4.69) is 15.0 Å². The van der Waals surface area contributed by atoms with Crippen LogP contribution < -0.4 is 5.56 Å². The summed E-state index contributed by atoms with van der Waals surface area (Å²) in [5.41, 5.74) is 1.95. The molecule has 0 aliphatic heterocycles. The van der Waals surface area contributed by atoms with Gasteiger partial charge in [0.05, 0.1) is 5.02 Å². The Kier molecular flexibility index (Phi) is 3.48. The Morgan fingerprint density at radius 3 is 2.56 bits per heavy atom. The van der Waals surface area contributed by atoms with Crippen molar-refractivity contribution in [1.82, 2.24) is 15.0 Å². The number of nitrogens with one attached hydrogen (secondary N) is 1. The van der Waals surface area contributed by atoms with Crippen LogP contribution in [-0.2, 0) is 0 Å². The van der Waals surface area contributed by atoms with E-state index < -0.39 is 0 Å². The summed E-state index contributed by atoms with van der Waals surface area (Å²) in [5.74, 6) is 0.618. The lowest BCUT2D eigenvalue weighted by Gasteiger charge is -2.09. The topological polar surface area (TPSA) is 58.6 Å². The number of aromatic nitrogens is 3. The minimum absolute atomic E-state index is 0.107. The Labute approximate surface area is 110 Å². The number of halogens is 1. The van der Waals surface area contributed by atoms with E-state index in [0.717, 1.165) is 5.69 Å². The quantitative estimate of drug-likeness (QED) is 0.906. The summed E-state index contributed by atoms with van der Waals surface area (Å²) >= 11 is 5.77. The van der Waals surface area contributed by atoms with Crippen LogP contribution in [0.5, 0.6) is 0 Å². The first-order valence-electron chi connectivity index (χ1n) is 5.71. The summed E-state index contributed by atoms with van der Waals surface area (Å²) in [4.78, 5) is 23.3. The zero-order valence-electron chi connectivity index (χ0n) is 10.5. The van der Waals surface area contributed by atoms with Crippen LogP contribution in [0, 0.1) is 6.92 Å². The monoisotopic (exact) mass is 263 g/mol. The summed E-state index contributed by atoms with van der Waals surface area (Å²) < 4.78 is 0. The molecule has 2 aromatic heterocycles. The second-order valence-electron chi connectivity index (χ2n) is 4.43. The van der Waals surface area contributed by atoms with Crippen LogP contribution in [0.2, 0.25) is 5.02 Å². The zero-order chi connectivity index (χ0) is 13.3. The fourth-order valence-electron chi connectivity index (χ4n) is 1.91. The standard InChI is InChI=1S/C13H14ClN3O/c1-7(2)11-8(3)16-12(17-13(11)18)10-5-4-9(14)6-15-10/h4-7H,1-3H3,(H,16,17,18). The first-order chi connectivity index (χ1) is 8.49. The van der Waals surface area contributed by atoms with Gasteiger partial charge in [0.1, 0.15) is 5.69 Å². The Bertz CT molecular complexity index is 617. The SMILES string of the molecule is Cc1nc(-c2ccc(Cl)cn2)[nH]c(=O)c1C(C)C. The Hall–Kier alpha value is -1.68. The summed E-state index contributed by atoms with van der Waals surface area (Å²) in [6.07, 6.45) is 1.53. The number of pyridine rings is 1. The van der Waals surface area contributed by atoms with E-state index in [1.165, 1.54) is 6.20 Å². The molecule has 1 N–H and O–H groups in total. The maximum absolute atomic E-state index is 12.0. The third-order valence-corrected chi connectivity index (χ3v) is 2.92. The Balaban J connectivity index is 2.55. The van der Waals surface area contributed by atoms with Gasteiger partial charge in [0.2, 0.25) is 0 Å². The number of hydrogen-bond donors (Lipinski definition) is 1. The van der Waals surface area contributed by atoms with E-state index >= 15 is 0 Å². The van der Waals surface area contributed by atoms with Crippen molar-refractivity contribution in [2.45, 2.75) is 26.7 Å². The molecule has 18 heavy (non-hydrogen) atoms. The van der Waals surface area contributed by atoms with E-state index in [9.17, 15) is 4.79 Å². The average Bonchev–Trinajstić information content (AvgIpc) is 2.28. The van der Waals surface area contributed by atoms with Crippen molar-refractivity contribution in [3.63, 3.8) is 0 Å². The highest BCUT2D eigenvalue weighted by Gasteiger charge is 2.12. The van der Waals surface area contributed by atoms with Gasteiger partial charge in [-0.05, 0) is 25.0 Å². The first-order valence-corrected chi connectivity index (χ1v) is 6.09. The third-order valence-electron chi connectivity index (χ3n) is 2.69. The number of hydrogen-bond acceptors (Lipinski definition) is 3. The fourth-order valence-corrected chi connectivity index (χ4v) is 2.02. The lowest BCUT2D eigenvalue weighted by molar-refractivity contribution is 0.814. The Morgan fingerprint density at radius 2 is 2.06 bits per heavy atom. The maximum atomic E-state index is 12.0. The molecule has 2 rings (SSSR count). The van der Waals surface area contributed by atoms with Crippen LogP contribution in [0.3, 0.4) is 0 Å². The minimum atomic E-state index is -0.107. The molecule has 0 amide bonds. The van der Waals surface area contributed by atoms with Crippen molar-refractivity contribution in [1.29, 1.82) is 0 Å². The number of aromatic amines is 1. The predicted molar refractivity (Wildman–Crippen MR) is 71.9 cm³/mol. The summed E-state index contributed by atoms with van der Waals surface area (Å²) in [6, 6.07) is 3.45. The van der Waals surface area contributed by atoms with E-state index in [4.69, 9.17) is 11.6 Å². The lowest BCUT2D eigenvalue weighted by atomic mass is 10.0. The molecule has 5 heteroatoms. The van der Waals surface area contributed by atoms with E-state index in [1.54, 1.807) is 12.1 Å². The van der Waals surface area contributed by atoms with Crippen LogP contribution >= 0.6 is 11.6 Å². The van der Waals surface area contributed by atoms with Gasteiger partial charge in [-0.15, -0.1) is 0 Å². The number of H-pyrrole nitrogens is 1. The van der Waals surface area contributed by atoms with Gasteiger partial charge in [0, 0.05) is 17.5 Å². The van der Waals surface area contributed by atoms with Crippen molar-refractivity contribution in [3.8, 4) is 11.5 Å². The molecule has 0 saturated carbocycles. The lowest BCUT2D eigenvalue weighted by Crippen LogP contribution is -2.18. The van der Waals surface area contributed by atoms with Crippen molar-refractivity contribution in [2.75, 3.05) is 0 Å². The maximum Gasteiger partial charge on any atom is 0.254 e. The van der Waals surface area contributed by atoms with Crippen molar-refractivity contribution < 1.29 is 0 Å². The van der Waals surface area contributed by atoms with Crippen LogP contribution in [0.25, 0.3) is 11.5 Å². The molecule has 0 atom stereocenters. The van der Waals surface area contributed by atoms with Crippen molar-refractivity contribution >= 4 is 11.6 Å². The molecular formula is C13H14ClN3O. The van der Waals surface area contributed by atoms with Gasteiger partial charge in [0.25, 0.3) is 5.56 Å². The van der Waals surface area contributed by atoms with Gasteiger partial charge in [0.15, 0.2) is 5.82 Å². The smallest absolute Gasteiger partial charge is 0.254 e. The largest absolute Gasteiger partial charge is 0.305 e. The van der Waals surface area contributed by atoms with Crippen molar-refractivity contribution in [2.24, 2.45) is 0 Å². The predicted octanol–water partition coefficient (Wildman–Crippen LogP) is 2.92. The summed E-state index contributed by atoms with van der Waals surface area (Å²) in [7, 11) is 0. The normalized spacial score (nSPS) is 10.9. The first kappa shape index (κ1) is 12.8. The average molecular weight is 264 g/mol. The van der Waals surface area contributed by atoms with Gasteiger partial charge in [-0.25, -0.2) is 4.98 Å². The molecule has 0 unspecified atom stereocenters. The Morgan fingerprint density at radius 1 is 1.33 bits per heavy atom. The summed E-state index contributed by atoms with van der Waals surface area (Å²) in [5, 5.41) is 0.552. The van der Waals surface area contributed by atoms with E-state index in [0.29, 0.717) is 22.1 Å². The number of nitrogens with zero attached hydrogens (tertiary/aromatic N) is 2. The molecule has 0 aliphatic rings. The molecule has 0 radical (unpaired) electrons. The second kappa shape index (κ2) is 4.90. The molecular weight excluding hydrogens is 250 g/mol. The van der Waals surface area contributed by atoms with Crippen LogP contribution in [0.1, 0.15) is 31.0 Å². The molecule has 0 fully saturated rings. The molecule has 2 heterocycles. The highest BCUT2D eigenvalue weighted by atomic mass is 35.5. The van der Waals surface area contributed by atoms with Gasteiger partial charge in [-0.2, -0.15) is 0 Å². The van der Waals surface area contributed by atoms with Crippen molar-refractivity contribution in [3.05, 3.63) is 45.0 Å². The van der Waals surface area contributed by atoms with Gasteiger partial charge in [-0.3, -0.25) is 9.78 Å². The summed E-state index contributed by atoms with van der Waals surface area (Å²) in [6.45, 7) is 5.78. The molecule has 0 spiro atoms. The molecule has 0 aliphatic carbocycles. The molecule has 0 bridgehead atoms. The number of rotatable bonds is 2. The molecule has 4 nitrogen and oxygen atoms in total. The highest BCUT2D eigenvalue weighted by molar-refractivity contribution is 6.30. The van der Waals surface area contributed by atoms with E-state index in [1.807, 2.05) is 20.8 Å². The minimum Gasteiger partial charge on any atom is -0.305 e. The molecule has 0 aromatic carbocycles. The molecule has 94 valence electrons. The number of aryl methyl sites for hydroxylation is 1. The molecule has 0 saturated heterocycles. The third kappa shape index (κ3) is 2.43. The van der Waals surface area contributed by atoms with Gasteiger partial charge < -0.3 is 4.98 Å². The zero-order valence-corrected chi connectivity index (χ0v) is 11.2. The van der Waals surface area contributed by atoms with Crippen LogP contribution in [-0.4, -0.2) is 15.0 Å². The molecule has 2 aromatic rings. The van der Waals surface area contributed by atoms with Gasteiger partial charge >= 0.3 is 0 Å². The second-order valence-corrected chi connectivity index (χ2v) is 4.87. The van der Waals surface area contributed by atoms with E-state index in [-0.39, 0.29) is 11.5 Å². The van der Waals surface area contributed by atoms with Crippen LogP contribution in [0.15, 0.2) is 23.1 Å².